The SMILES string of the molecule is CCOc1ccc2c(c1)CC(NCCCCO)C(=O)N2c1ccc(CN2C(=O)[C@@](O)([C@@H](C)/C=C/CCn3cc(CCO)nn3)c3cc(N4C(=O)C(NCCCCO)Cc5cc(OCC)ccc54)ccc32)cc1. The number of anilines is 5. The monoisotopic (exact) mass is 985 g/mol. The maximum Gasteiger partial charge on any atom is 0.264 e. The molecule has 4 atom stereocenters. The van der Waals surface area contributed by atoms with Crippen molar-refractivity contribution < 1.29 is 44.3 Å². The number of aliphatic hydroxyl groups is 4. The lowest BCUT2D eigenvalue weighted by molar-refractivity contribution is -0.139. The number of nitrogens with zero attached hydrogens (tertiary/aromatic N) is 6. The number of hydrogen-bond acceptors (Lipinski definition) is 13. The Hall–Kier alpha value is -6.47. The predicted octanol–water partition coefficient (Wildman–Crippen LogP) is 5.53. The van der Waals surface area contributed by atoms with Crippen LogP contribution < -0.4 is 34.8 Å². The summed E-state index contributed by atoms with van der Waals surface area (Å²) in [6.07, 6.45) is 10.1. The largest absolute Gasteiger partial charge is 0.494 e. The van der Waals surface area contributed by atoms with Gasteiger partial charge >= 0.3 is 0 Å². The molecule has 0 aliphatic carbocycles. The number of carbonyl (C=O) groups is 3. The highest BCUT2D eigenvalue weighted by Gasteiger charge is 2.53. The summed E-state index contributed by atoms with van der Waals surface area (Å²) >= 11 is 0. The second-order valence-corrected chi connectivity index (χ2v) is 18.6. The number of rotatable bonds is 25. The van der Waals surface area contributed by atoms with Crippen LogP contribution in [0.2, 0.25) is 0 Å². The summed E-state index contributed by atoms with van der Waals surface area (Å²) < 4.78 is 13.4. The third-order valence-corrected chi connectivity index (χ3v) is 13.7. The highest BCUT2D eigenvalue weighted by Crippen LogP contribution is 2.49. The fourth-order valence-electron chi connectivity index (χ4n) is 9.93. The average molecular weight is 985 g/mol. The van der Waals surface area contributed by atoms with E-state index in [9.17, 15) is 30.0 Å². The number of nitrogens with one attached hydrogen (secondary N) is 2. The van der Waals surface area contributed by atoms with Crippen molar-refractivity contribution in [2.75, 3.05) is 60.8 Å². The van der Waals surface area contributed by atoms with E-state index in [0.717, 1.165) is 34.5 Å². The molecule has 17 heteroatoms. The van der Waals surface area contributed by atoms with Crippen molar-refractivity contribution >= 4 is 46.2 Å². The first kappa shape index (κ1) is 51.9. The molecule has 4 heterocycles. The molecule has 3 aliphatic rings. The number of aliphatic hydroxyl groups excluding tert-OH is 3. The van der Waals surface area contributed by atoms with Gasteiger partial charge in [0.1, 0.15) is 11.5 Å². The molecule has 8 rings (SSSR count). The van der Waals surface area contributed by atoms with Gasteiger partial charge in [0.05, 0.1) is 54.6 Å². The van der Waals surface area contributed by atoms with Crippen molar-refractivity contribution in [3.63, 3.8) is 0 Å². The van der Waals surface area contributed by atoms with Gasteiger partial charge in [-0.3, -0.25) is 28.9 Å². The van der Waals surface area contributed by atoms with Gasteiger partial charge in [-0.15, -0.1) is 5.10 Å². The summed E-state index contributed by atoms with van der Waals surface area (Å²) in [6.45, 7) is 8.48. The van der Waals surface area contributed by atoms with Crippen LogP contribution in [-0.4, -0.2) is 111 Å². The topological polar surface area (TPSA) is 215 Å². The number of amides is 3. The van der Waals surface area contributed by atoms with Crippen molar-refractivity contribution in [3.8, 4) is 11.5 Å². The van der Waals surface area contributed by atoms with Crippen LogP contribution >= 0.6 is 0 Å². The normalized spacial score (nSPS) is 19.0. The smallest absolute Gasteiger partial charge is 0.264 e. The minimum atomic E-state index is -2.03. The quantitative estimate of drug-likeness (QED) is 0.0314. The molecular weight excluding hydrogens is 917 g/mol. The molecule has 17 nitrogen and oxygen atoms in total. The molecule has 72 heavy (non-hydrogen) atoms. The Labute approximate surface area is 421 Å². The summed E-state index contributed by atoms with van der Waals surface area (Å²) in [5.41, 5.74) is 4.73. The van der Waals surface area contributed by atoms with Crippen molar-refractivity contribution in [1.82, 2.24) is 25.6 Å². The van der Waals surface area contributed by atoms with E-state index in [2.05, 4.69) is 20.9 Å². The number of hydrogen-bond donors (Lipinski definition) is 6. The lowest BCUT2D eigenvalue weighted by Crippen LogP contribution is -2.49. The summed E-state index contributed by atoms with van der Waals surface area (Å²) in [5.74, 6) is -0.108. The van der Waals surface area contributed by atoms with Crippen molar-refractivity contribution in [2.24, 2.45) is 5.92 Å². The van der Waals surface area contributed by atoms with E-state index in [1.165, 1.54) is 0 Å². The first-order valence-corrected chi connectivity index (χ1v) is 25.3. The van der Waals surface area contributed by atoms with Crippen LogP contribution in [0.15, 0.2) is 97.2 Å². The van der Waals surface area contributed by atoms with Gasteiger partial charge in [-0.05, 0) is 155 Å². The van der Waals surface area contributed by atoms with Gasteiger partial charge in [0.15, 0.2) is 5.60 Å². The van der Waals surface area contributed by atoms with Crippen LogP contribution in [0.3, 0.4) is 0 Å². The van der Waals surface area contributed by atoms with E-state index in [1.807, 2.05) is 92.7 Å². The molecular formula is C55H68N8O9. The molecule has 1 aromatic heterocycles. The van der Waals surface area contributed by atoms with Gasteiger partial charge in [0, 0.05) is 61.8 Å². The zero-order valence-electron chi connectivity index (χ0n) is 41.5. The summed E-state index contributed by atoms with van der Waals surface area (Å²) in [4.78, 5) is 48.8. The zero-order valence-corrected chi connectivity index (χ0v) is 41.5. The number of aryl methyl sites for hydroxylation is 1. The molecule has 0 saturated heterocycles. The molecule has 3 amide bonds. The van der Waals surface area contributed by atoms with Crippen LogP contribution in [0, 0.1) is 5.92 Å². The number of aromatic nitrogens is 3. The summed E-state index contributed by atoms with van der Waals surface area (Å²) in [6, 6.07) is 23.3. The highest BCUT2D eigenvalue weighted by molar-refractivity contribution is 6.10. The molecule has 0 fully saturated rings. The fraction of sp³-hybridized carbons (Fsp3) is 0.436. The third-order valence-electron chi connectivity index (χ3n) is 13.7. The lowest BCUT2D eigenvalue weighted by Gasteiger charge is -2.35. The maximum absolute atomic E-state index is 15.0. The number of benzene rings is 4. The van der Waals surface area contributed by atoms with Gasteiger partial charge in [0.25, 0.3) is 5.91 Å². The second kappa shape index (κ2) is 23.8. The second-order valence-electron chi connectivity index (χ2n) is 18.6. The van der Waals surface area contributed by atoms with E-state index in [-0.39, 0.29) is 38.2 Å². The molecule has 3 aliphatic heterocycles. The number of allylic oxidation sites excluding steroid dienone is 1. The maximum atomic E-state index is 15.0. The van der Waals surface area contributed by atoms with Crippen LogP contribution in [0.5, 0.6) is 11.5 Å². The average Bonchev–Trinajstić information content (AvgIpc) is 3.92. The summed E-state index contributed by atoms with van der Waals surface area (Å²) in [5, 5.41) is 56.1. The van der Waals surface area contributed by atoms with Crippen molar-refractivity contribution in [2.45, 2.75) is 103 Å². The first-order chi connectivity index (χ1) is 35.0. The minimum Gasteiger partial charge on any atom is -0.494 e. The van der Waals surface area contributed by atoms with E-state index in [1.54, 1.807) is 44.6 Å². The van der Waals surface area contributed by atoms with E-state index < -0.39 is 29.5 Å². The van der Waals surface area contributed by atoms with Gasteiger partial charge in [-0.1, -0.05) is 36.4 Å². The third kappa shape index (κ3) is 11.1. The first-order valence-electron chi connectivity index (χ1n) is 25.3. The van der Waals surface area contributed by atoms with Gasteiger partial charge < -0.3 is 45.4 Å². The minimum absolute atomic E-state index is 0.0263. The molecule has 4 aromatic carbocycles. The Morgan fingerprint density at radius 2 is 1.31 bits per heavy atom. The van der Waals surface area contributed by atoms with Crippen LogP contribution in [0.25, 0.3) is 0 Å². The molecule has 382 valence electrons. The number of unbranched alkanes of at least 4 members (excludes halogenated alkanes) is 2. The Bertz CT molecular complexity index is 2710. The van der Waals surface area contributed by atoms with Gasteiger partial charge in [-0.2, -0.15) is 0 Å². The van der Waals surface area contributed by atoms with Crippen molar-refractivity contribution in [1.29, 1.82) is 0 Å². The van der Waals surface area contributed by atoms with Gasteiger partial charge in [-0.25, -0.2) is 0 Å². The van der Waals surface area contributed by atoms with E-state index in [4.69, 9.17) is 9.47 Å². The number of ether oxygens (including phenoxy) is 2. The van der Waals surface area contributed by atoms with Gasteiger partial charge in [0.2, 0.25) is 11.8 Å². The molecule has 2 unspecified atom stereocenters. The Balaban J connectivity index is 1.12. The Morgan fingerprint density at radius 3 is 1.88 bits per heavy atom. The molecule has 0 bridgehead atoms. The summed E-state index contributed by atoms with van der Waals surface area (Å²) in [7, 11) is 0. The molecule has 0 spiro atoms. The van der Waals surface area contributed by atoms with Crippen molar-refractivity contribution in [3.05, 3.63) is 125 Å². The van der Waals surface area contributed by atoms with Crippen LogP contribution in [0.1, 0.15) is 80.8 Å². The standard InChI is InChI=1S/C55H68N8O9/c1-4-71-44-18-21-49-39(30-44)32-47(56-24-7-10-27-64)52(67)62(49)42-15-13-38(14-16-42)35-61-51-20-17-43(63-50-22-19-45(72-5-2)31-40(50)33-48(53(63)68)57-25-8-11-28-65)34-46(51)55(70,54(61)69)37(3)12-6-9-26-60-36-41(23-29-66)58-59-60/h6,12-22,30-31,34,36-37,47-48,56-57,64-66,70H,4-5,7-11,23-29,32-33,35H2,1-3H3/b12-6+/t37-,47?,48?,55+/m0/s1. The van der Waals surface area contributed by atoms with E-state index in [0.29, 0.717) is 118 Å². The predicted molar refractivity (Wildman–Crippen MR) is 275 cm³/mol. The Kier molecular flexibility index (Phi) is 17.2. The molecule has 0 radical (unpaired) electrons. The Morgan fingerprint density at radius 1 is 0.736 bits per heavy atom. The number of carbonyl (C=O) groups excluding carboxylic acids is 3. The zero-order chi connectivity index (χ0) is 50.8. The lowest BCUT2D eigenvalue weighted by atomic mass is 9.82. The number of fused-ring (bicyclic) bond motifs is 3. The fourth-order valence-corrected chi connectivity index (χ4v) is 9.93. The molecule has 6 N–H and O–H groups in total. The van der Waals surface area contributed by atoms with E-state index >= 15 is 4.79 Å². The highest BCUT2D eigenvalue weighted by atomic mass is 16.5. The van der Waals surface area contributed by atoms with Crippen LogP contribution in [0.4, 0.5) is 28.4 Å². The molecule has 5 aromatic rings. The van der Waals surface area contributed by atoms with Crippen LogP contribution in [-0.2, 0) is 52.3 Å². The molecule has 0 saturated carbocycles.